The van der Waals surface area contributed by atoms with E-state index in [0.717, 1.165) is 10.6 Å². The summed E-state index contributed by atoms with van der Waals surface area (Å²) in [5.74, 6) is -0.566. The number of unbranched alkanes of at least 4 members (excludes halogenated alkanes) is 1. The number of sulfone groups is 1. The molecule has 1 aromatic carbocycles. The van der Waals surface area contributed by atoms with E-state index in [1.54, 1.807) is 19.9 Å². The van der Waals surface area contributed by atoms with Crippen LogP contribution in [0.4, 0.5) is 10.2 Å². The first-order valence-corrected chi connectivity index (χ1v) is 15.5. The van der Waals surface area contributed by atoms with E-state index in [9.17, 15) is 26.0 Å². The summed E-state index contributed by atoms with van der Waals surface area (Å²) in [4.78, 5) is 17.3. The van der Waals surface area contributed by atoms with Crippen molar-refractivity contribution in [3.05, 3.63) is 47.3 Å². The largest absolute Gasteiger partial charge is 0.437 e. The molecule has 3 rings (SSSR count). The molecule has 0 aliphatic heterocycles. The van der Waals surface area contributed by atoms with Gasteiger partial charge in [0.25, 0.3) is 5.91 Å². The molecule has 3 aromatic rings. The Labute approximate surface area is 217 Å². The van der Waals surface area contributed by atoms with Gasteiger partial charge < -0.3 is 9.73 Å². The fourth-order valence-corrected chi connectivity index (χ4v) is 5.92. The number of benzene rings is 1. The second-order valence-corrected chi connectivity index (χ2v) is 13.6. The maximum atomic E-state index is 13.5. The molecule has 9 nitrogen and oxygen atoms in total. The lowest BCUT2D eigenvalue weighted by Crippen LogP contribution is -2.33. The summed E-state index contributed by atoms with van der Waals surface area (Å²) in [6.45, 7) is 5.09. The van der Waals surface area contributed by atoms with Crippen molar-refractivity contribution in [1.82, 2.24) is 10.3 Å². The van der Waals surface area contributed by atoms with Gasteiger partial charge in [-0.05, 0) is 69.0 Å². The molecular weight excluding hydrogens is 521 g/mol. The Balaban J connectivity index is 2.09. The quantitative estimate of drug-likeness (QED) is 0.357. The molecule has 0 spiro atoms. The van der Waals surface area contributed by atoms with Crippen molar-refractivity contribution in [2.75, 3.05) is 29.9 Å². The molecular formula is C25H32FN3O6S2. The summed E-state index contributed by atoms with van der Waals surface area (Å²) < 4.78 is 70.4. The number of nitrogens with one attached hydrogen (secondary N) is 1. The molecule has 0 atom stereocenters. The van der Waals surface area contributed by atoms with E-state index in [0.29, 0.717) is 35.8 Å². The maximum absolute atomic E-state index is 13.5. The van der Waals surface area contributed by atoms with Crippen LogP contribution in [-0.4, -0.2) is 58.6 Å². The van der Waals surface area contributed by atoms with Crippen molar-refractivity contribution in [2.45, 2.75) is 45.3 Å². The molecule has 1 N–H and O–H groups in total. The number of nitrogens with zero attached hydrogens (tertiary/aromatic N) is 2. The van der Waals surface area contributed by atoms with Crippen LogP contribution in [0, 0.1) is 5.82 Å². The van der Waals surface area contributed by atoms with Crippen LogP contribution in [0.1, 0.15) is 49.5 Å². The van der Waals surface area contributed by atoms with Crippen molar-refractivity contribution in [2.24, 2.45) is 0 Å². The summed E-state index contributed by atoms with van der Waals surface area (Å²) in [7, 11) is -5.54. The predicted molar refractivity (Wildman–Crippen MR) is 143 cm³/mol. The Morgan fingerprint density at radius 2 is 1.78 bits per heavy atom. The molecule has 2 aromatic heterocycles. The van der Waals surface area contributed by atoms with E-state index < -0.39 is 36.8 Å². The third-order valence-electron chi connectivity index (χ3n) is 6.08. The lowest BCUT2D eigenvalue weighted by molar-refractivity contribution is 0.0964. The van der Waals surface area contributed by atoms with Gasteiger partial charge in [0.1, 0.15) is 17.4 Å². The van der Waals surface area contributed by atoms with Crippen LogP contribution in [0.15, 0.2) is 34.7 Å². The lowest BCUT2D eigenvalue weighted by atomic mass is 10.0. The average Bonchev–Trinajstić information content (AvgIpc) is 3.20. The number of pyridine rings is 1. The Morgan fingerprint density at radius 1 is 1.14 bits per heavy atom. The summed E-state index contributed by atoms with van der Waals surface area (Å²) in [5.41, 5.74) is 1.30. The zero-order chi connectivity index (χ0) is 27.5. The van der Waals surface area contributed by atoms with E-state index >= 15 is 0 Å². The van der Waals surface area contributed by atoms with Gasteiger partial charge in [0.05, 0.1) is 28.2 Å². The monoisotopic (exact) mass is 553 g/mol. The highest BCUT2D eigenvalue weighted by Crippen LogP contribution is 2.36. The van der Waals surface area contributed by atoms with E-state index in [1.165, 1.54) is 31.3 Å². The molecule has 0 saturated heterocycles. The van der Waals surface area contributed by atoms with Crippen LogP contribution in [0.25, 0.3) is 22.4 Å². The van der Waals surface area contributed by atoms with Gasteiger partial charge in [-0.15, -0.1) is 0 Å². The SMILES string of the molecule is CCc1cc2c(C(=O)NC)c(-c3ccc(F)cc3)oc2nc1N(CCCCS(=O)(=O)C(C)C)S(C)(=O)=O. The number of amides is 1. The van der Waals surface area contributed by atoms with Gasteiger partial charge in [-0.2, -0.15) is 4.98 Å². The van der Waals surface area contributed by atoms with Gasteiger partial charge in [-0.3, -0.25) is 9.10 Å². The van der Waals surface area contributed by atoms with Crippen LogP contribution >= 0.6 is 0 Å². The van der Waals surface area contributed by atoms with Crippen molar-refractivity contribution >= 4 is 42.7 Å². The number of furan rings is 1. The highest BCUT2D eigenvalue weighted by Gasteiger charge is 2.27. The minimum Gasteiger partial charge on any atom is -0.437 e. The summed E-state index contributed by atoms with van der Waals surface area (Å²) in [5, 5.41) is 2.48. The smallest absolute Gasteiger partial charge is 0.255 e. The predicted octanol–water partition coefficient (Wildman–Crippen LogP) is 3.93. The third-order valence-corrected chi connectivity index (χ3v) is 9.53. The van der Waals surface area contributed by atoms with E-state index in [4.69, 9.17) is 4.42 Å². The second kappa shape index (κ2) is 11.2. The second-order valence-electron chi connectivity index (χ2n) is 9.03. The zero-order valence-corrected chi connectivity index (χ0v) is 23.2. The fraction of sp³-hybridized carbons (Fsp3) is 0.440. The number of hydrogen-bond acceptors (Lipinski definition) is 7. The number of aromatic nitrogens is 1. The summed E-state index contributed by atoms with van der Waals surface area (Å²) in [6.07, 6.45) is 2.08. The molecule has 0 aliphatic rings. The number of halogens is 1. The number of anilines is 1. The number of sulfonamides is 1. The van der Waals surface area contributed by atoms with Gasteiger partial charge >= 0.3 is 0 Å². The lowest BCUT2D eigenvalue weighted by Gasteiger charge is -2.23. The highest BCUT2D eigenvalue weighted by molar-refractivity contribution is 7.92. The zero-order valence-electron chi connectivity index (χ0n) is 21.5. The van der Waals surface area contributed by atoms with Crippen molar-refractivity contribution < 1.29 is 30.4 Å². The highest BCUT2D eigenvalue weighted by atomic mass is 32.2. The number of carbonyl (C=O) groups excluding carboxylic acids is 1. The maximum Gasteiger partial charge on any atom is 0.255 e. The molecule has 0 unspecified atom stereocenters. The van der Waals surface area contributed by atoms with Gasteiger partial charge in [0, 0.05) is 19.2 Å². The summed E-state index contributed by atoms with van der Waals surface area (Å²) in [6, 6.07) is 7.14. The van der Waals surface area contributed by atoms with Crippen LogP contribution in [0.5, 0.6) is 0 Å². The fourth-order valence-electron chi connectivity index (χ4n) is 3.91. The molecule has 0 radical (unpaired) electrons. The molecule has 12 heteroatoms. The molecule has 2 heterocycles. The standard InChI is InChI=1S/C25H32FN3O6S2/c1-6-17-15-20-21(24(30)27-4)22(18-9-11-19(26)12-10-18)35-25(20)28-23(17)29(36(5,31)32)13-7-8-14-37(33,34)16(2)3/h9-12,15-16H,6-8,13-14H2,1-5H3,(H,27,30). The van der Waals surface area contributed by atoms with Crippen LogP contribution in [0.2, 0.25) is 0 Å². The van der Waals surface area contributed by atoms with E-state index in [-0.39, 0.29) is 35.2 Å². The number of aryl methyl sites for hydroxylation is 1. The molecule has 0 saturated carbocycles. The Morgan fingerprint density at radius 3 is 2.32 bits per heavy atom. The Kier molecular flexibility index (Phi) is 8.63. The first-order valence-electron chi connectivity index (χ1n) is 11.9. The van der Waals surface area contributed by atoms with Gasteiger partial charge in [0.2, 0.25) is 15.7 Å². The first kappa shape index (κ1) is 28.6. The van der Waals surface area contributed by atoms with E-state index in [2.05, 4.69) is 10.3 Å². The molecule has 0 bridgehead atoms. The molecule has 0 aliphatic carbocycles. The average molecular weight is 554 g/mol. The van der Waals surface area contributed by atoms with E-state index in [1.807, 2.05) is 6.92 Å². The topological polar surface area (TPSA) is 127 Å². The minimum absolute atomic E-state index is 0.0335. The molecule has 0 fully saturated rings. The van der Waals surface area contributed by atoms with Crippen LogP contribution in [-0.2, 0) is 26.3 Å². The minimum atomic E-state index is -3.77. The van der Waals surface area contributed by atoms with Gasteiger partial charge in [-0.1, -0.05) is 6.92 Å². The van der Waals surface area contributed by atoms with Gasteiger partial charge in [0.15, 0.2) is 9.84 Å². The third kappa shape index (κ3) is 6.30. The first-order chi connectivity index (χ1) is 17.3. The summed E-state index contributed by atoms with van der Waals surface area (Å²) >= 11 is 0. The normalized spacial score (nSPS) is 12.3. The van der Waals surface area contributed by atoms with Crippen LogP contribution in [0.3, 0.4) is 0 Å². The number of fused-ring (bicyclic) bond motifs is 1. The Bertz CT molecular complexity index is 1500. The van der Waals surface area contributed by atoms with Crippen LogP contribution < -0.4 is 9.62 Å². The number of rotatable bonds is 11. The number of hydrogen-bond donors (Lipinski definition) is 1. The molecule has 1 amide bonds. The number of carbonyl (C=O) groups is 1. The molecule has 37 heavy (non-hydrogen) atoms. The van der Waals surface area contributed by atoms with Crippen molar-refractivity contribution in [3.8, 4) is 11.3 Å². The van der Waals surface area contributed by atoms with Gasteiger partial charge in [-0.25, -0.2) is 21.2 Å². The molecule has 202 valence electrons. The van der Waals surface area contributed by atoms with Crippen molar-refractivity contribution in [1.29, 1.82) is 0 Å². The van der Waals surface area contributed by atoms with Crippen molar-refractivity contribution in [3.63, 3.8) is 0 Å². The Hall–Kier alpha value is -2.99.